The van der Waals surface area contributed by atoms with Crippen LogP contribution in [0.25, 0.3) is 0 Å². The molecule has 1 N–H and O–H groups in total. The third-order valence-corrected chi connectivity index (χ3v) is 4.62. The van der Waals surface area contributed by atoms with E-state index in [1.54, 1.807) is 0 Å². The molecule has 2 heterocycles. The van der Waals surface area contributed by atoms with Gasteiger partial charge in [-0.15, -0.1) is 0 Å². The molecule has 2 fully saturated rings. The summed E-state index contributed by atoms with van der Waals surface area (Å²) >= 11 is 0. The lowest BCUT2D eigenvalue weighted by Gasteiger charge is -2.41. The molecule has 2 aliphatic rings. The molecule has 0 aromatic carbocycles. The summed E-state index contributed by atoms with van der Waals surface area (Å²) in [6, 6.07) is 0.329. The van der Waals surface area contributed by atoms with Gasteiger partial charge < -0.3 is 9.64 Å². The Morgan fingerprint density at radius 3 is 2.71 bits per heavy atom. The Morgan fingerprint density at radius 2 is 2.14 bits per heavy atom. The average molecular weight is 296 g/mol. The van der Waals surface area contributed by atoms with E-state index in [0.717, 1.165) is 38.7 Å². The van der Waals surface area contributed by atoms with Crippen LogP contribution < -0.4 is 5.32 Å². The third-order valence-electron chi connectivity index (χ3n) is 4.62. The van der Waals surface area contributed by atoms with Crippen molar-refractivity contribution in [3.63, 3.8) is 0 Å². The van der Waals surface area contributed by atoms with Gasteiger partial charge in [0.15, 0.2) is 0 Å². The van der Waals surface area contributed by atoms with Gasteiger partial charge >= 0.3 is 0 Å². The smallest absolute Gasteiger partial charge is 0.241 e. The van der Waals surface area contributed by atoms with Gasteiger partial charge in [-0.1, -0.05) is 27.2 Å². The van der Waals surface area contributed by atoms with Gasteiger partial charge in [0.1, 0.15) is 0 Å². The molecule has 2 aliphatic heterocycles. The number of carbonyl (C=O) groups excluding carboxylic acids is 1. The maximum absolute atomic E-state index is 12.9. The first-order chi connectivity index (χ1) is 9.84. The van der Waals surface area contributed by atoms with E-state index in [0.29, 0.717) is 17.9 Å². The summed E-state index contributed by atoms with van der Waals surface area (Å²) < 4.78 is 5.82. The number of amides is 1. The van der Waals surface area contributed by atoms with Crippen molar-refractivity contribution in [3.8, 4) is 0 Å². The van der Waals surface area contributed by atoms with Crippen LogP contribution in [0.2, 0.25) is 0 Å². The molecule has 21 heavy (non-hydrogen) atoms. The van der Waals surface area contributed by atoms with E-state index in [4.69, 9.17) is 4.74 Å². The Labute approximate surface area is 129 Å². The second-order valence-electron chi connectivity index (χ2n) is 7.65. The highest BCUT2D eigenvalue weighted by molar-refractivity contribution is 5.84. The number of ether oxygens (including phenoxy) is 1. The number of hydrogen-bond donors (Lipinski definition) is 1. The Balaban J connectivity index is 2.12. The van der Waals surface area contributed by atoms with E-state index < -0.39 is 0 Å². The summed E-state index contributed by atoms with van der Waals surface area (Å²) in [5.41, 5.74) is -0.115. The van der Waals surface area contributed by atoms with Crippen LogP contribution in [0.15, 0.2) is 0 Å². The minimum absolute atomic E-state index is 0.00695. The molecule has 0 saturated carbocycles. The zero-order valence-corrected chi connectivity index (χ0v) is 14.3. The zero-order chi connectivity index (χ0) is 15.6. The minimum Gasteiger partial charge on any atom is -0.375 e. The maximum Gasteiger partial charge on any atom is 0.241 e. The van der Waals surface area contributed by atoms with Gasteiger partial charge in [-0.2, -0.15) is 0 Å². The lowest BCUT2D eigenvalue weighted by atomic mass is 9.92. The van der Waals surface area contributed by atoms with Crippen LogP contribution in [0.4, 0.5) is 0 Å². The predicted molar refractivity (Wildman–Crippen MR) is 85.0 cm³/mol. The van der Waals surface area contributed by atoms with Gasteiger partial charge in [0, 0.05) is 12.6 Å². The molecule has 0 aliphatic carbocycles. The fourth-order valence-corrected chi connectivity index (χ4v) is 3.73. The van der Waals surface area contributed by atoms with Gasteiger partial charge in [-0.25, -0.2) is 0 Å². The summed E-state index contributed by atoms with van der Waals surface area (Å²) in [5.74, 6) is 0.852. The molecule has 0 aromatic heterocycles. The molecule has 0 aromatic rings. The van der Waals surface area contributed by atoms with Crippen molar-refractivity contribution in [2.45, 2.75) is 90.6 Å². The van der Waals surface area contributed by atoms with E-state index in [9.17, 15) is 4.79 Å². The molecule has 1 amide bonds. The molecule has 4 nitrogen and oxygen atoms in total. The molecule has 122 valence electrons. The van der Waals surface area contributed by atoms with E-state index >= 15 is 0 Å². The topological polar surface area (TPSA) is 41.6 Å². The SMILES string of the molecule is CCCC1NC(CC(C)C)C(=O)N1C1CCOC(C)(C)C1. The van der Waals surface area contributed by atoms with Crippen LogP contribution in [0.5, 0.6) is 0 Å². The number of nitrogens with zero attached hydrogens (tertiary/aromatic N) is 1. The van der Waals surface area contributed by atoms with E-state index in [-0.39, 0.29) is 17.8 Å². The second kappa shape index (κ2) is 6.66. The summed E-state index contributed by atoms with van der Waals surface area (Å²) in [6.45, 7) is 11.6. The van der Waals surface area contributed by atoms with Gasteiger partial charge in [0.2, 0.25) is 5.91 Å². The summed E-state index contributed by atoms with van der Waals surface area (Å²) in [7, 11) is 0. The monoisotopic (exact) mass is 296 g/mol. The summed E-state index contributed by atoms with van der Waals surface area (Å²) in [5, 5.41) is 3.58. The van der Waals surface area contributed by atoms with E-state index in [1.165, 1.54) is 0 Å². The van der Waals surface area contributed by atoms with Crippen LogP contribution in [0.3, 0.4) is 0 Å². The zero-order valence-electron chi connectivity index (χ0n) is 14.3. The molecule has 2 rings (SSSR count). The molecule has 3 unspecified atom stereocenters. The van der Waals surface area contributed by atoms with Crippen LogP contribution in [-0.2, 0) is 9.53 Å². The van der Waals surface area contributed by atoms with Gasteiger partial charge in [-0.3, -0.25) is 10.1 Å². The fraction of sp³-hybridized carbons (Fsp3) is 0.941. The van der Waals surface area contributed by atoms with Crippen molar-refractivity contribution in [2.75, 3.05) is 6.61 Å². The largest absolute Gasteiger partial charge is 0.375 e. The first-order valence-corrected chi connectivity index (χ1v) is 8.56. The maximum atomic E-state index is 12.9. The standard InChI is InChI=1S/C17H32N2O2/c1-6-7-15-18-14(10-12(2)3)16(20)19(15)13-8-9-21-17(4,5)11-13/h12-15,18H,6-11H2,1-5H3. The number of nitrogens with one attached hydrogen (secondary N) is 1. The van der Waals surface area contributed by atoms with E-state index in [2.05, 4.69) is 44.8 Å². The lowest BCUT2D eigenvalue weighted by Crippen LogP contribution is -2.51. The third kappa shape index (κ3) is 3.98. The van der Waals surface area contributed by atoms with Crippen LogP contribution in [0, 0.1) is 5.92 Å². The molecular formula is C17H32N2O2. The van der Waals surface area contributed by atoms with Crippen molar-refractivity contribution in [2.24, 2.45) is 5.92 Å². The predicted octanol–water partition coefficient (Wildman–Crippen LogP) is 2.92. The first kappa shape index (κ1) is 16.8. The summed E-state index contributed by atoms with van der Waals surface area (Å²) in [6.07, 6.45) is 5.19. The normalized spacial score (nSPS) is 33.0. The quantitative estimate of drug-likeness (QED) is 0.848. The highest BCUT2D eigenvalue weighted by Gasteiger charge is 2.44. The average Bonchev–Trinajstić information content (AvgIpc) is 2.64. The van der Waals surface area contributed by atoms with Gasteiger partial charge in [-0.05, 0) is 45.4 Å². The van der Waals surface area contributed by atoms with Crippen LogP contribution in [0.1, 0.15) is 66.7 Å². The van der Waals surface area contributed by atoms with Crippen LogP contribution in [-0.4, -0.2) is 41.3 Å². The van der Waals surface area contributed by atoms with Crippen molar-refractivity contribution >= 4 is 5.91 Å². The molecule has 4 heteroatoms. The fourth-order valence-electron chi connectivity index (χ4n) is 3.73. The Bertz CT molecular complexity index is 368. The molecular weight excluding hydrogens is 264 g/mol. The number of carbonyl (C=O) groups is 1. The van der Waals surface area contributed by atoms with Crippen molar-refractivity contribution in [1.29, 1.82) is 0 Å². The van der Waals surface area contributed by atoms with Gasteiger partial charge in [0.05, 0.1) is 17.8 Å². The summed E-state index contributed by atoms with van der Waals surface area (Å²) in [4.78, 5) is 15.0. The highest BCUT2D eigenvalue weighted by atomic mass is 16.5. The lowest BCUT2D eigenvalue weighted by molar-refractivity contribution is -0.139. The van der Waals surface area contributed by atoms with Crippen molar-refractivity contribution in [1.82, 2.24) is 10.2 Å². The van der Waals surface area contributed by atoms with Crippen LogP contribution >= 0.6 is 0 Å². The molecule has 0 spiro atoms. The number of hydrogen-bond acceptors (Lipinski definition) is 3. The second-order valence-corrected chi connectivity index (χ2v) is 7.65. The molecule has 0 radical (unpaired) electrons. The van der Waals surface area contributed by atoms with Gasteiger partial charge in [0.25, 0.3) is 0 Å². The van der Waals surface area contributed by atoms with Crippen molar-refractivity contribution < 1.29 is 9.53 Å². The molecule has 3 atom stereocenters. The molecule has 0 bridgehead atoms. The minimum atomic E-state index is -0.115. The first-order valence-electron chi connectivity index (χ1n) is 8.56. The number of rotatable bonds is 5. The van der Waals surface area contributed by atoms with Crippen molar-refractivity contribution in [3.05, 3.63) is 0 Å². The Kier molecular flexibility index (Phi) is 5.31. The Hall–Kier alpha value is -0.610. The Morgan fingerprint density at radius 1 is 1.43 bits per heavy atom. The highest BCUT2D eigenvalue weighted by Crippen LogP contribution is 2.32. The van der Waals surface area contributed by atoms with E-state index in [1.807, 2.05) is 0 Å². The molecule has 2 saturated heterocycles.